The van der Waals surface area contributed by atoms with Crippen LogP contribution in [0.5, 0.6) is 0 Å². The first-order chi connectivity index (χ1) is 8.11. The number of nitrogens with two attached hydrogens (primary N) is 1. The van der Waals surface area contributed by atoms with E-state index in [1.807, 2.05) is 18.2 Å². The van der Waals surface area contributed by atoms with Gasteiger partial charge in [0.1, 0.15) is 12.1 Å². The van der Waals surface area contributed by atoms with Crippen molar-refractivity contribution in [3.63, 3.8) is 0 Å². The van der Waals surface area contributed by atoms with E-state index in [-0.39, 0.29) is 0 Å². The maximum absolute atomic E-state index is 10.7. The van der Waals surface area contributed by atoms with Crippen LogP contribution in [0.15, 0.2) is 36.7 Å². The minimum Gasteiger partial charge on any atom is -0.480 e. The fraction of sp³-hybridized carbons (Fsp3) is 0.167. The van der Waals surface area contributed by atoms with Crippen LogP contribution in [-0.2, 0) is 4.79 Å². The summed E-state index contributed by atoms with van der Waals surface area (Å²) < 4.78 is 0. The van der Waals surface area contributed by atoms with Gasteiger partial charge in [-0.05, 0) is 5.39 Å². The third-order valence-corrected chi connectivity index (χ3v) is 2.64. The van der Waals surface area contributed by atoms with Crippen LogP contribution in [-0.4, -0.2) is 27.2 Å². The Hall–Kier alpha value is -1.98. The van der Waals surface area contributed by atoms with Crippen molar-refractivity contribution in [1.29, 1.82) is 0 Å². The second kappa shape index (κ2) is 4.48. The van der Waals surface area contributed by atoms with Crippen LogP contribution in [0.4, 0.5) is 0 Å². The minimum atomic E-state index is -1.36. The lowest BCUT2D eigenvalue weighted by Crippen LogP contribution is -2.36. The largest absolute Gasteiger partial charge is 0.480 e. The number of benzene rings is 1. The Bertz CT molecular complexity index is 551. The van der Waals surface area contributed by atoms with E-state index in [4.69, 9.17) is 10.8 Å². The summed E-state index contributed by atoms with van der Waals surface area (Å²) in [5, 5.41) is 20.3. The normalized spacial score (nSPS) is 14.5. The number of fused-ring (bicyclic) bond motifs is 1. The van der Waals surface area contributed by atoms with E-state index < -0.39 is 18.1 Å². The lowest BCUT2D eigenvalue weighted by Gasteiger charge is -2.16. The van der Waals surface area contributed by atoms with Crippen LogP contribution < -0.4 is 5.73 Å². The van der Waals surface area contributed by atoms with Crippen LogP contribution in [0.3, 0.4) is 0 Å². The van der Waals surface area contributed by atoms with E-state index in [2.05, 4.69) is 4.98 Å². The van der Waals surface area contributed by atoms with Crippen molar-refractivity contribution in [2.45, 2.75) is 12.1 Å². The predicted octanol–water partition coefficient (Wildman–Crippen LogP) is 0.680. The minimum absolute atomic E-state index is 0.429. The number of hydrogen-bond acceptors (Lipinski definition) is 4. The Morgan fingerprint density at radius 2 is 2.00 bits per heavy atom. The molecule has 17 heavy (non-hydrogen) atoms. The van der Waals surface area contributed by atoms with E-state index in [9.17, 15) is 9.90 Å². The molecular weight excluding hydrogens is 220 g/mol. The summed E-state index contributed by atoms with van der Waals surface area (Å²) in [7, 11) is 0. The lowest BCUT2D eigenvalue weighted by molar-refractivity contribution is -0.141. The molecule has 1 heterocycles. The third kappa shape index (κ3) is 2.11. The zero-order chi connectivity index (χ0) is 12.4. The summed E-state index contributed by atoms with van der Waals surface area (Å²) in [4.78, 5) is 14.7. The first-order valence-corrected chi connectivity index (χ1v) is 5.10. The van der Waals surface area contributed by atoms with Crippen molar-refractivity contribution in [3.05, 3.63) is 42.2 Å². The molecule has 5 heteroatoms. The Morgan fingerprint density at radius 3 is 2.71 bits per heavy atom. The van der Waals surface area contributed by atoms with Crippen molar-refractivity contribution in [2.24, 2.45) is 5.73 Å². The van der Waals surface area contributed by atoms with Crippen LogP contribution in [0.25, 0.3) is 10.8 Å². The maximum Gasteiger partial charge on any atom is 0.323 e. The van der Waals surface area contributed by atoms with Gasteiger partial charge in [-0.25, -0.2) is 0 Å². The van der Waals surface area contributed by atoms with Crippen LogP contribution in [0.2, 0.25) is 0 Å². The molecule has 2 rings (SSSR count). The number of nitrogens with zero attached hydrogens (tertiary/aromatic N) is 1. The lowest BCUT2D eigenvalue weighted by atomic mass is 9.99. The molecule has 4 N–H and O–H groups in total. The molecule has 0 aliphatic rings. The van der Waals surface area contributed by atoms with Gasteiger partial charge in [0.25, 0.3) is 0 Å². The van der Waals surface area contributed by atoms with Crippen molar-refractivity contribution < 1.29 is 15.0 Å². The number of aliphatic carboxylic acids is 1. The maximum atomic E-state index is 10.7. The molecule has 1 aromatic carbocycles. The third-order valence-electron chi connectivity index (χ3n) is 2.64. The van der Waals surface area contributed by atoms with Crippen LogP contribution >= 0.6 is 0 Å². The van der Waals surface area contributed by atoms with E-state index in [1.165, 1.54) is 6.20 Å². The second-order valence-corrected chi connectivity index (χ2v) is 3.76. The SMILES string of the molecule is NC(C(=O)O)C(O)c1cncc2ccccc12. The van der Waals surface area contributed by atoms with Crippen molar-refractivity contribution in [2.75, 3.05) is 0 Å². The Labute approximate surface area is 97.5 Å². The number of carboxylic acids is 1. The quantitative estimate of drug-likeness (QED) is 0.723. The summed E-state index contributed by atoms with van der Waals surface area (Å²) >= 11 is 0. The number of carboxylic acid groups (broad SMARTS) is 1. The zero-order valence-electron chi connectivity index (χ0n) is 8.95. The highest BCUT2D eigenvalue weighted by molar-refractivity contribution is 5.86. The van der Waals surface area contributed by atoms with E-state index in [0.29, 0.717) is 5.56 Å². The fourth-order valence-electron chi connectivity index (χ4n) is 1.70. The molecule has 0 amide bonds. The first kappa shape index (κ1) is 11.5. The molecule has 1 aromatic heterocycles. The van der Waals surface area contributed by atoms with Gasteiger partial charge in [-0.3, -0.25) is 9.78 Å². The predicted molar refractivity (Wildman–Crippen MR) is 62.3 cm³/mol. The monoisotopic (exact) mass is 232 g/mol. The molecule has 0 aliphatic carbocycles. The zero-order valence-corrected chi connectivity index (χ0v) is 8.95. The molecule has 88 valence electrons. The van der Waals surface area contributed by atoms with E-state index in [1.54, 1.807) is 12.3 Å². The topological polar surface area (TPSA) is 96.4 Å². The van der Waals surface area contributed by atoms with E-state index in [0.717, 1.165) is 10.8 Å². The smallest absolute Gasteiger partial charge is 0.323 e. The molecule has 0 aliphatic heterocycles. The Kier molecular flexibility index (Phi) is 3.03. The number of aliphatic hydroxyl groups is 1. The molecule has 2 aromatic rings. The molecule has 0 radical (unpaired) electrons. The number of rotatable bonds is 3. The van der Waals surface area contributed by atoms with Gasteiger partial charge in [-0.15, -0.1) is 0 Å². The van der Waals surface area contributed by atoms with Gasteiger partial charge in [0.15, 0.2) is 0 Å². The molecule has 0 bridgehead atoms. The van der Waals surface area contributed by atoms with Crippen molar-refractivity contribution >= 4 is 16.7 Å². The number of carbonyl (C=O) groups is 1. The fourth-order valence-corrected chi connectivity index (χ4v) is 1.70. The average molecular weight is 232 g/mol. The summed E-state index contributed by atoms with van der Waals surface area (Å²) in [6.07, 6.45) is 1.82. The van der Waals surface area contributed by atoms with Gasteiger partial charge < -0.3 is 15.9 Å². The van der Waals surface area contributed by atoms with E-state index >= 15 is 0 Å². The van der Waals surface area contributed by atoms with Gasteiger partial charge in [0, 0.05) is 23.3 Å². The van der Waals surface area contributed by atoms with Crippen LogP contribution in [0, 0.1) is 0 Å². The molecule has 2 atom stereocenters. The Balaban J connectivity index is 2.52. The molecule has 0 saturated heterocycles. The highest BCUT2D eigenvalue weighted by Crippen LogP contribution is 2.24. The van der Waals surface area contributed by atoms with Gasteiger partial charge in [-0.1, -0.05) is 24.3 Å². The van der Waals surface area contributed by atoms with Gasteiger partial charge >= 0.3 is 5.97 Å². The summed E-state index contributed by atoms with van der Waals surface area (Å²) in [6.45, 7) is 0. The summed E-state index contributed by atoms with van der Waals surface area (Å²) in [5.41, 5.74) is 5.83. The summed E-state index contributed by atoms with van der Waals surface area (Å²) in [5.74, 6) is -1.24. The second-order valence-electron chi connectivity index (χ2n) is 3.76. The van der Waals surface area contributed by atoms with Crippen LogP contribution in [0.1, 0.15) is 11.7 Å². The molecule has 5 nitrogen and oxygen atoms in total. The van der Waals surface area contributed by atoms with Gasteiger partial charge in [0.2, 0.25) is 0 Å². The van der Waals surface area contributed by atoms with Gasteiger partial charge in [-0.2, -0.15) is 0 Å². The van der Waals surface area contributed by atoms with Gasteiger partial charge in [0.05, 0.1) is 0 Å². The number of pyridine rings is 1. The highest BCUT2D eigenvalue weighted by Gasteiger charge is 2.25. The standard InChI is InChI=1S/C12H12N2O3/c13-10(12(16)17)11(15)9-6-14-5-7-3-1-2-4-8(7)9/h1-6,10-11,15H,13H2,(H,16,17). The average Bonchev–Trinajstić information content (AvgIpc) is 2.36. The molecule has 0 fully saturated rings. The Morgan fingerprint density at radius 1 is 1.29 bits per heavy atom. The summed E-state index contributed by atoms with van der Waals surface area (Å²) in [6, 6.07) is 5.93. The van der Waals surface area contributed by atoms with Crippen molar-refractivity contribution in [1.82, 2.24) is 4.98 Å². The molecule has 0 saturated carbocycles. The number of aliphatic hydroxyl groups excluding tert-OH is 1. The number of aromatic nitrogens is 1. The highest BCUT2D eigenvalue weighted by atomic mass is 16.4. The number of hydrogen-bond donors (Lipinski definition) is 3. The van der Waals surface area contributed by atoms with Crippen molar-refractivity contribution in [3.8, 4) is 0 Å². The first-order valence-electron chi connectivity index (χ1n) is 5.10. The molecular formula is C12H12N2O3. The molecule has 0 spiro atoms. The molecule has 2 unspecified atom stereocenters.